The Labute approximate surface area is 108 Å². The minimum absolute atomic E-state index is 0.135. The van der Waals surface area contributed by atoms with Gasteiger partial charge in [-0.3, -0.25) is 4.79 Å². The van der Waals surface area contributed by atoms with Crippen molar-refractivity contribution < 1.29 is 22.7 Å². The molecule has 3 N–H and O–H groups in total. The van der Waals surface area contributed by atoms with Crippen LogP contribution in [-0.2, 0) is 4.79 Å². The van der Waals surface area contributed by atoms with E-state index in [1.54, 1.807) is 0 Å². The summed E-state index contributed by atoms with van der Waals surface area (Å²) in [5.41, 5.74) is 5.71. The quantitative estimate of drug-likeness (QED) is 0.839. The lowest BCUT2D eigenvalue weighted by Crippen LogP contribution is -2.35. The van der Waals surface area contributed by atoms with Crippen molar-refractivity contribution in [1.82, 2.24) is 0 Å². The van der Waals surface area contributed by atoms with Crippen LogP contribution in [0.3, 0.4) is 0 Å². The Balaban J connectivity index is 2.70. The third-order valence-corrected chi connectivity index (χ3v) is 2.35. The van der Waals surface area contributed by atoms with Crippen molar-refractivity contribution in [1.29, 1.82) is 0 Å². The molecule has 1 rings (SSSR count). The summed E-state index contributed by atoms with van der Waals surface area (Å²) in [6, 6.07) is 2.48. The number of amides is 1. The first-order valence-corrected chi connectivity index (χ1v) is 5.74. The van der Waals surface area contributed by atoms with Gasteiger partial charge in [-0.1, -0.05) is 13.3 Å². The predicted molar refractivity (Wildman–Crippen MR) is 64.5 cm³/mol. The molecular weight excluding hydrogens is 261 g/mol. The zero-order valence-electron chi connectivity index (χ0n) is 10.3. The summed E-state index contributed by atoms with van der Waals surface area (Å²) in [7, 11) is 0. The number of carbonyl (C=O) groups excluding carboxylic acids is 1. The highest BCUT2D eigenvalue weighted by atomic mass is 19.3. The molecule has 1 aromatic carbocycles. The molecule has 0 aromatic heterocycles. The molecule has 19 heavy (non-hydrogen) atoms. The molecule has 0 unspecified atom stereocenters. The topological polar surface area (TPSA) is 64.4 Å². The summed E-state index contributed by atoms with van der Waals surface area (Å²) in [4.78, 5) is 11.6. The van der Waals surface area contributed by atoms with E-state index in [0.717, 1.165) is 18.6 Å². The normalized spacial score (nSPS) is 12.3. The van der Waals surface area contributed by atoms with Gasteiger partial charge < -0.3 is 15.8 Å². The van der Waals surface area contributed by atoms with Gasteiger partial charge >= 0.3 is 6.61 Å². The first-order chi connectivity index (χ1) is 8.93. The Bertz CT molecular complexity index is 441. The van der Waals surface area contributed by atoms with Gasteiger partial charge in [-0.15, -0.1) is 0 Å². The van der Waals surface area contributed by atoms with Crippen LogP contribution >= 0.6 is 0 Å². The fourth-order valence-electron chi connectivity index (χ4n) is 1.45. The van der Waals surface area contributed by atoms with Crippen LogP contribution in [0.4, 0.5) is 18.9 Å². The van der Waals surface area contributed by atoms with Crippen molar-refractivity contribution in [2.24, 2.45) is 5.73 Å². The maximum absolute atomic E-state index is 13.4. The number of benzene rings is 1. The zero-order chi connectivity index (χ0) is 14.4. The second kappa shape index (κ2) is 6.98. The van der Waals surface area contributed by atoms with Crippen LogP contribution in [-0.4, -0.2) is 18.6 Å². The molecule has 4 nitrogen and oxygen atoms in total. The van der Waals surface area contributed by atoms with Gasteiger partial charge in [0.15, 0.2) is 11.6 Å². The third kappa shape index (κ3) is 4.78. The molecule has 0 aliphatic carbocycles. The highest BCUT2D eigenvalue weighted by Gasteiger charge is 2.14. The minimum Gasteiger partial charge on any atom is -0.432 e. The molecule has 0 radical (unpaired) electrons. The average Bonchev–Trinajstić information content (AvgIpc) is 2.32. The first-order valence-electron chi connectivity index (χ1n) is 5.74. The molecule has 1 aromatic rings. The average molecular weight is 276 g/mol. The maximum atomic E-state index is 13.4. The van der Waals surface area contributed by atoms with Crippen molar-refractivity contribution in [3.05, 3.63) is 24.0 Å². The number of hydrogen-bond donors (Lipinski definition) is 2. The largest absolute Gasteiger partial charge is 0.432 e. The van der Waals surface area contributed by atoms with Crippen LogP contribution in [0, 0.1) is 5.82 Å². The first kappa shape index (κ1) is 15.3. The van der Waals surface area contributed by atoms with Crippen molar-refractivity contribution >= 4 is 11.6 Å². The van der Waals surface area contributed by atoms with Crippen LogP contribution in [0.1, 0.15) is 19.8 Å². The number of rotatable bonds is 6. The van der Waals surface area contributed by atoms with E-state index >= 15 is 0 Å². The number of halogens is 3. The van der Waals surface area contributed by atoms with Crippen molar-refractivity contribution in [2.45, 2.75) is 32.4 Å². The number of alkyl halides is 2. The van der Waals surface area contributed by atoms with Gasteiger partial charge in [-0.25, -0.2) is 4.39 Å². The lowest BCUT2D eigenvalue weighted by molar-refractivity contribution is -0.117. The van der Waals surface area contributed by atoms with Gasteiger partial charge in [-0.05, 0) is 18.6 Å². The summed E-state index contributed by atoms with van der Waals surface area (Å²) in [6.45, 7) is -1.23. The van der Waals surface area contributed by atoms with E-state index in [1.165, 1.54) is 6.07 Å². The summed E-state index contributed by atoms with van der Waals surface area (Å²) in [5, 5.41) is 2.40. The molecule has 0 aliphatic heterocycles. The summed E-state index contributed by atoms with van der Waals surface area (Å²) in [6.07, 6.45) is 1.24. The van der Waals surface area contributed by atoms with Gasteiger partial charge in [0.2, 0.25) is 5.91 Å². The number of anilines is 1. The van der Waals surface area contributed by atoms with Crippen LogP contribution in [0.15, 0.2) is 18.2 Å². The fraction of sp³-hybridized carbons (Fsp3) is 0.417. The Morgan fingerprint density at radius 1 is 1.47 bits per heavy atom. The van der Waals surface area contributed by atoms with Gasteiger partial charge in [0, 0.05) is 11.8 Å². The molecule has 0 bridgehead atoms. The van der Waals surface area contributed by atoms with E-state index in [2.05, 4.69) is 10.1 Å². The molecule has 0 aliphatic rings. The standard InChI is InChI=1S/C12H15F3N2O2/c1-2-3-9(16)11(18)17-7-4-5-10(8(13)6-7)19-12(14)15/h4-6,9,12H,2-3,16H2,1H3,(H,17,18)/t9-/m0/s1. The number of nitrogens with one attached hydrogen (secondary N) is 1. The third-order valence-electron chi connectivity index (χ3n) is 2.35. The lowest BCUT2D eigenvalue weighted by Gasteiger charge is -2.12. The molecule has 7 heteroatoms. The molecule has 0 fully saturated rings. The van der Waals surface area contributed by atoms with Crippen molar-refractivity contribution in [3.8, 4) is 5.75 Å². The highest BCUT2D eigenvalue weighted by Crippen LogP contribution is 2.22. The number of ether oxygens (including phenoxy) is 1. The van der Waals surface area contributed by atoms with E-state index in [0.29, 0.717) is 6.42 Å². The smallest absolute Gasteiger partial charge is 0.387 e. The van der Waals surface area contributed by atoms with Crippen molar-refractivity contribution in [3.63, 3.8) is 0 Å². The Morgan fingerprint density at radius 2 is 2.16 bits per heavy atom. The van der Waals surface area contributed by atoms with Gasteiger partial charge in [0.25, 0.3) is 0 Å². The highest BCUT2D eigenvalue weighted by molar-refractivity contribution is 5.94. The molecule has 106 valence electrons. The second-order valence-electron chi connectivity index (χ2n) is 3.91. The molecule has 0 saturated carbocycles. The SMILES string of the molecule is CCC[C@H](N)C(=O)Nc1ccc(OC(F)F)c(F)c1. The number of carbonyl (C=O) groups is 1. The predicted octanol–water partition coefficient (Wildman–Crippen LogP) is 2.49. The summed E-state index contributed by atoms with van der Waals surface area (Å²) in [5.74, 6) is -2.02. The number of hydrogen-bond acceptors (Lipinski definition) is 3. The molecule has 1 amide bonds. The molecular formula is C12H15F3N2O2. The van der Waals surface area contributed by atoms with Crippen LogP contribution in [0.25, 0.3) is 0 Å². The molecule has 0 heterocycles. The minimum atomic E-state index is -3.10. The van der Waals surface area contributed by atoms with Crippen LogP contribution in [0.5, 0.6) is 5.75 Å². The fourth-order valence-corrected chi connectivity index (χ4v) is 1.45. The monoisotopic (exact) mass is 276 g/mol. The molecule has 1 atom stereocenters. The van der Waals surface area contributed by atoms with E-state index in [1.807, 2.05) is 6.92 Å². The summed E-state index contributed by atoms with van der Waals surface area (Å²) < 4.78 is 41.2. The van der Waals surface area contributed by atoms with E-state index in [-0.39, 0.29) is 5.69 Å². The van der Waals surface area contributed by atoms with Crippen LogP contribution < -0.4 is 15.8 Å². The van der Waals surface area contributed by atoms with Crippen LogP contribution in [0.2, 0.25) is 0 Å². The second-order valence-corrected chi connectivity index (χ2v) is 3.91. The lowest BCUT2D eigenvalue weighted by atomic mass is 10.1. The van der Waals surface area contributed by atoms with E-state index in [4.69, 9.17) is 5.73 Å². The molecule has 0 spiro atoms. The maximum Gasteiger partial charge on any atom is 0.387 e. The van der Waals surface area contributed by atoms with Gasteiger partial charge in [0.1, 0.15) is 0 Å². The van der Waals surface area contributed by atoms with Gasteiger partial charge in [-0.2, -0.15) is 8.78 Å². The summed E-state index contributed by atoms with van der Waals surface area (Å²) >= 11 is 0. The molecule has 0 saturated heterocycles. The number of nitrogens with two attached hydrogens (primary N) is 1. The Kier molecular flexibility index (Phi) is 5.62. The van der Waals surface area contributed by atoms with E-state index in [9.17, 15) is 18.0 Å². The van der Waals surface area contributed by atoms with Gasteiger partial charge in [0.05, 0.1) is 6.04 Å². The Morgan fingerprint density at radius 3 is 2.68 bits per heavy atom. The van der Waals surface area contributed by atoms with E-state index < -0.39 is 30.1 Å². The Hall–Kier alpha value is -1.76. The van der Waals surface area contributed by atoms with Crippen molar-refractivity contribution in [2.75, 3.05) is 5.32 Å². The zero-order valence-corrected chi connectivity index (χ0v) is 10.3.